The third-order valence-electron chi connectivity index (χ3n) is 3.28. The van der Waals surface area contributed by atoms with Crippen LogP contribution in [0.15, 0.2) is 41.0 Å². The summed E-state index contributed by atoms with van der Waals surface area (Å²) in [5.74, 6) is 0.168. The Morgan fingerprint density at radius 1 is 1.23 bits per heavy atom. The van der Waals surface area contributed by atoms with E-state index in [2.05, 4.69) is 30.7 Å². The Labute approximate surface area is 133 Å². The van der Waals surface area contributed by atoms with Gasteiger partial charge in [-0.1, -0.05) is 18.2 Å². The molecule has 0 fully saturated rings. The van der Waals surface area contributed by atoms with Gasteiger partial charge in [-0.3, -0.25) is 0 Å². The summed E-state index contributed by atoms with van der Waals surface area (Å²) in [5, 5.41) is 4.37. The molecule has 2 aromatic heterocycles. The number of alkyl halides is 2. The predicted molar refractivity (Wildman–Crippen MR) is 81.3 cm³/mol. The lowest BCUT2D eigenvalue weighted by atomic mass is 10.1. The summed E-state index contributed by atoms with van der Waals surface area (Å²) < 4.78 is 32.0. The lowest BCUT2D eigenvalue weighted by Crippen LogP contribution is -2.06. The number of nitrogens with zero attached hydrogens (tertiary/aromatic N) is 3. The lowest BCUT2D eigenvalue weighted by molar-refractivity contribution is -0.0503. The van der Waals surface area contributed by atoms with Gasteiger partial charge in [0, 0.05) is 12.0 Å². The molecule has 4 nitrogen and oxygen atoms in total. The second-order valence-corrected chi connectivity index (χ2v) is 5.55. The predicted octanol–water partition coefficient (Wildman–Crippen LogP) is 3.99. The van der Waals surface area contributed by atoms with Crippen LogP contribution in [0.2, 0.25) is 0 Å². The molecule has 0 N–H and O–H groups in total. The van der Waals surface area contributed by atoms with E-state index in [9.17, 15) is 8.78 Å². The Kier molecular flexibility index (Phi) is 4.06. The quantitative estimate of drug-likeness (QED) is 0.699. The van der Waals surface area contributed by atoms with Crippen LogP contribution in [0, 0.1) is 6.92 Å². The number of fused-ring (bicyclic) bond motifs is 1. The zero-order chi connectivity index (χ0) is 15.7. The summed E-state index contributed by atoms with van der Waals surface area (Å²) in [6.45, 7) is -0.981. The fourth-order valence-electron chi connectivity index (χ4n) is 2.31. The van der Waals surface area contributed by atoms with Gasteiger partial charge >= 0.3 is 6.61 Å². The maximum atomic E-state index is 12.5. The third kappa shape index (κ3) is 2.94. The standard InChI is InChI=1S/C15H12BrF2N3O/c1-9-11(21-14(19-9)7-6-13(16)20-21)8-10-4-2-3-5-12(10)22-15(17)18/h2-7,15H,8H2,1H3. The van der Waals surface area contributed by atoms with E-state index in [1.807, 2.05) is 13.0 Å². The van der Waals surface area contributed by atoms with Crippen LogP contribution >= 0.6 is 15.9 Å². The monoisotopic (exact) mass is 367 g/mol. The Morgan fingerprint density at radius 2 is 2.00 bits per heavy atom. The molecule has 0 unspecified atom stereocenters. The van der Waals surface area contributed by atoms with Crippen molar-refractivity contribution in [2.45, 2.75) is 20.0 Å². The second-order valence-electron chi connectivity index (χ2n) is 4.73. The Morgan fingerprint density at radius 3 is 2.77 bits per heavy atom. The average molecular weight is 368 g/mol. The van der Waals surface area contributed by atoms with E-state index in [1.54, 1.807) is 28.8 Å². The number of benzene rings is 1. The SMILES string of the molecule is Cc1nc2ccc(Br)nn2c1Cc1ccccc1OC(F)F. The van der Waals surface area contributed by atoms with Gasteiger partial charge < -0.3 is 4.74 Å². The highest BCUT2D eigenvalue weighted by Gasteiger charge is 2.15. The summed E-state index contributed by atoms with van der Waals surface area (Å²) in [6, 6.07) is 10.4. The molecule has 0 amide bonds. The number of ether oxygens (including phenoxy) is 1. The first kappa shape index (κ1) is 14.9. The smallest absolute Gasteiger partial charge is 0.387 e. The highest BCUT2D eigenvalue weighted by Crippen LogP contribution is 2.25. The van der Waals surface area contributed by atoms with Gasteiger partial charge in [0.2, 0.25) is 0 Å². The van der Waals surface area contributed by atoms with E-state index in [-0.39, 0.29) is 5.75 Å². The molecule has 7 heteroatoms. The van der Waals surface area contributed by atoms with Gasteiger partial charge in [-0.05, 0) is 41.1 Å². The second kappa shape index (κ2) is 6.00. The van der Waals surface area contributed by atoms with Gasteiger partial charge in [-0.25, -0.2) is 9.50 Å². The molecule has 114 valence electrons. The van der Waals surface area contributed by atoms with Gasteiger partial charge in [0.15, 0.2) is 5.65 Å². The summed E-state index contributed by atoms with van der Waals surface area (Å²) >= 11 is 3.32. The first-order valence-electron chi connectivity index (χ1n) is 6.58. The normalized spacial score (nSPS) is 11.3. The van der Waals surface area contributed by atoms with Crippen molar-refractivity contribution in [3.8, 4) is 5.75 Å². The van der Waals surface area contributed by atoms with Crippen LogP contribution in [-0.2, 0) is 6.42 Å². The van der Waals surface area contributed by atoms with E-state index >= 15 is 0 Å². The fourth-order valence-corrected chi connectivity index (χ4v) is 2.60. The molecule has 3 aromatic rings. The molecular formula is C15H12BrF2N3O. The number of para-hydroxylation sites is 1. The topological polar surface area (TPSA) is 39.4 Å². The number of aromatic nitrogens is 3. The molecule has 0 aliphatic carbocycles. The van der Waals surface area contributed by atoms with Crippen molar-refractivity contribution >= 4 is 21.6 Å². The molecule has 0 aliphatic rings. The molecule has 1 aromatic carbocycles. The van der Waals surface area contributed by atoms with E-state index in [0.717, 1.165) is 11.4 Å². The van der Waals surface area contributed by atoms with Crippen LogP contribution in [0.4, 0.5) is 8.78 Å². The maximum Gasteiger partial charge on any atom is 0.387 e. The molecule has 2 heterocycles. The number of rotatable bonds is 4. The van der Waals surface area contributed by atoms with E-state index in [1.165, 1.54) is 6.07 Å². The lowest BCUT2D eigenvalue weighted by Gasteiger charge is -2.10. The summed E-state index contributed by atoms with van der Waals surface area (Å²) in [4.78, 5) is 4.43. The Hall–Kier alpha value is -2.02. The van der Waals surface area contributed by atoms with Crippen molar-refractivity contribution in [2.75, 3.05) is 0 Å². The molecule has 0 saturated heterocycles. The minimum Gasteiger partial charge on any atom is -0.435 e. The molecule has 0 aliphatic heterocycles. The average Bonchev–Trinajstić information content (AvgIpc) is 2.76. The van der Waals surface area contributed by atoms with Crippen molar-refractivity contribution in [1.82, 2.24) is 14.6 Å². The van der Waals surface area contributed by atoms with E-state index < -0.39 is 6.61 Å². The van der Waals surface area contributed by atoms with Gasteiger partial charge in [-0.15, -0.1) is 0 Å². The molecule has 22 heavy (non-hydrogen) atoms. The summed E-state index contributed by atoms with van der Waals surface area (Å²) in [5.41, 5.74) is 3.01. The van der Waals surface area contributed by atoms with Gasteiger partial charge in [0.25, 0.3) is 0 Å². The van der Waals surface area contributed by atoms with Crippen LogP contribution in [-0.4, -0.2) is 21.2 Å². The molecule has 0 atom stereocenters. The number of hydrogen-bond acceptors (Lipinski definition) is 3. The highest BCUT2D eigenvalue weighted by atomic mass is 79.9. The molecule has 0 bridgehead atoms. The number of imidazole rings is 1. The molecule has 0 saturated carbocycles. The van der Waals surface area contributed by atoms with E-state index in [4.69, 9.17) is 0 Å². The van der Waals surface area contributed by atoms with Crippen LogP contribution in [0.1, 0.15) is 17.0 Å². The van der Waals surface area contributed by atoms with Gasteiger partial charge in [-0.2, -0.15) is 13.9 Å². The Bertz CT molecular complexity index is 820. The number of halogens is 3. The minimum atomic E-state index is -2.85. The molecule has 3 rings (SSSR count). The van der Waals surface area contributed by atoms with Gasteiger partial charge in [0.1, 0.15) is 10.4 Å². The first-order chi connectivity index (χ1) is 10.5. The first-order valence-corrected chi connectivity index (χ1v) is 7.37. The fraction of sp³-hybridized carbons (Fsp3) is 0.200. The largest absolute Gasteiger partial charge is 0.435 e. The van der Waals surface area contributed by atoms with Crippen molar-refractivity contribution in [3.05, 3.63) is 58.0 Å². The number of hydrogen-bond donors (Lipinski definition) is 0. The van der Waals surface area contributed by atoms with E-state index in [0.29, 0.717) is 22.2 Å². The highest BCUT2D eigenvalue weighted by molar-refractivity contribution is 9.10. The summed E-state index contributed by atoms with van der Waals surface area (Å²) in [6.07, 6.45) is 0.402. The van der Waals surface area contributed by atoms with Crippen molar-refractivity contribution in [1.29, 1.82) is 0 Å². The zero-order valence-electron chi connectivity index (χ0n) is 11.6. The minimum absolute atomic E-state index is 0.168. The van der Waals surface area contributed by atoms with Crippen LogP contribution in [0.3, 0.4) is 0 Å². The van der Waals surface area contributed by atoms with Crippen molar-refractivity contribution < 1.29 is 13.5 Å². The maximum absolute atomic E-state index is 12.5. The van der Waals surface area contributed by atoms with Crippen LogP contribution in [0.25, 0.3) is 5.65 Å². The van der Waals surface area contributed by atoms with Crippen LogP contribution < -0.4 is 4.74 Å². The van der Waals surface area contributed by atoms with Crippen molar-refractivity contribution in [2.24, 2.45) is 0 Å². The van der Waals surface area contributed by atoms with Gasteiger partial charge in [0.05, 0.1) is 11.4 Å². The molecule has 0 spiro atoms. The number of aryl methyl sites for hydroxylation is 1. The summed E-state index contributed by atoms with van der Waals surface area (Å²) in [7, 11) is 0. The van der Waals surface area contributed by atoms with Crippen molar-refractivity contribution in [3.63, 3.8) is 0 Å². The van der Waals surface area contributed by atoms with Crippen LogP contribution in [0.5, 0.6) is 5.75 Å². The third-order valence-corrected chi connectivity index (χ3v) is 3.71. The Balaban J connectivity index is 2.03. The molecule has 0 radical (unpaired) electrons. The zero-order valence-corrected chi connectivity index (χ0v) is 13.2. The molecular weight excluding hydrogens is 356 g/mol.